The summed E-state index contributed by atoms with van der Waals surface area (Å²) in [6.45, 7) is 6.25. The van der Waals surface area contributed by atoms with E-state index < -0.39 is 62.7 Å². The molecule has 2 rings (SSSR count). The molecular formula is C19H27N3O8S. The van der Waals surface area contributed by atoms with Crippen LogP contribution in [0.1, 0.15) is 34.1 Å². The molecule has 0 radical (unpaired) electrons. The lowest BCUT2D eigenvalue weighted by atomic mass is 10.2. The van der Waals surface area contributed by atoms with E-state index in [1.807, 2.05) is 27.7 Å². The number of carbonyl (C=O) groups is 2. The average molecular weight is 458 g/mol. The van der Waals surface area contributed by atoms with Crippen molar-refractivity contribution >= 4 is 27.6 Å². The van der Waals surface area contributed by atoms with Crippen LogP contribution in [0, 0.1) is 10.1 Å². The normalized spacial score (nSPS) is 19.6. The number of rotatable bonds is 8. The van der Waals surface area contributed by atoms with Crippen LogP contribution in [0.15, 0.2) is 29.2 Å². The molecule has 1 N–H and O–H groups in total. The largest absolute Gasteiger partial charge is 0.454 e. The SMILES string of the molecule is CC(C)N(C(=O)COC(=O)[C@@H]1CC(O)CN1S(=O)(=O)c1ccccc1[N+](=O)[O-])C(C)C. The molecule has 0 spiro atoms. The van der Waals surface area contributed by atoms with Gasteiger partial charge in [0, 0.05) is 31.1 Å². The summed E-state index contributed by atoms with van der Waals surface area (Å²) in [5.41, 5.74) is -0.643. The predicted octanol–water partition coefficient (Wildman–Crippen LogP) is 0.907. The van der Waals surface area contributed by atoms with Gasteiger partial charge in [-0.25, -0.2) is 8.42 Å². The number of carbonyl (C=O) groups excluding carboxylic acids is 2. The van der Waals surface area contributed by atoms with E-state index in [4.69, 9.17) is 4.74 Å². The molecule has 1 aromatic carbocycles. The standard InChI is InChI=1S/C19H27N3O8S/c1-12(2)21(13(3)4)18(24)11-30-19(25)16-9-14(23)10-20(16)31(28,29)17-8-6-5-7-15(17)22(26)27/h5-8,12-14,16,23H,9-11H2,1-4H3/t14?,16-/m0/s1. The fourth-order valence-electron chi connectivity index (χ4n) is 3.69. The van der Waals surface area contributed by atoms with Gasteiger partial charge in [-0.05, 0) is 33.8 Å². The van der Waals surface area contributed by atoms with Crippen molar-refractivity contribution in [1.82, 2.24) is 9.21 Å². The third kappa shape index (κ3) is 5.38. The van der Waals surface area contributed by atoms with Gasteiger partial charge in [-0.15, -0.1) is 0 Å². The van der Waals surface area contributed by atoms with Gasteiger partial charge in [0.1, 0.15) is 6.04 Å². The second kappa shape index (κ2) is 9.71. The third-order valence-corrected chi connectivity index (χ3v) is 6.81. The van der Waals surface area contributed by atoms with Crippen molar-refractivity contribution in [2.45, 2.75) is 63.2 Å². The second-order valence-electron chi connectivity index (χ2n) is 7.80. The van der Waals surface area contributed by atoms with Crippen LogP contribution in [0.2, 0.25) is 0 Å². The van der Waals surface area contributed by atoms with E-state index in [-0.39, 0.29) is 18.5 Å². The van der Waals surface area contributed by atoms with E-state index in [0.717, 1.165) is 12.1 Å². The Hall–Kier alpha value is -2.57. The highest BCUT2D eigenvalue weighted by Gasteiger charge is 2.46. The maximum absolute atomic E-state index is 13.1. The molecule has 0 saturated carbocycles. The van der Waals surface area contributed by atoms with Crippen molar-refractivity contribution in [1.29, 1.82) is 0 Å². The lowest BCUT2D eigenvalue weighted by Crippen LogP contribution is -2.46. The number of nitro groups is 1. The molecule has 31 heavy (non-hydrogen) atoms. The summed E-state index contributed by atoms with van der Waals surface area (Å²) in [4.78, 5) is 36.4. The van der Waals surface area contributed by atoms with Gasteiger partial charge in [0.25, 0.3) is 21.6 Å². The molecule has 12 heteroatoms. The van der Waals surface area contributed by atoms with Crippen molar-refractivity contribution in [3.8, 4) is 0 Å². The zero-order valence-electron chi connectivity index (χ0n) is 17.8. The topological polar surface area (TPSA) is 147 Å². The first kappa shape index (κ1) is 24.7. The van der Waals surface area contributed by atoms with Crippen LogP contribution in [0.5, 0.6) is 0 Å². The lowest BCUT2D eigenvalue weighted by molar-refractivity contribution is -0.387. The van der Waals surface area contributed by atoms with E-state index in [1.54, 1.807) is 0 Å². The molecule has 0 aliphatic carbocycles. The number of aliphatic hydroxyl groups excluding tert-OH is 1. The highest BCUT2D eigenvalue weighted by atomic mass is 32.2. The molecule has 0 bridgehead atoms. The van der Waals surface area contributed by atoms with Crippen LogP contribution in [-0.4, -0.2) is 76.9 Å². The van der Waals surface area contributed by atoms with Gasteiger partial charge in [-0.3, -0.25) is 19.7 Å². The van der Waals surface area contributed by atoms with E-state index >= 15 is 0 Å². The first-order valence-electron chi connectivity index (χ1n) is 9.79. The molecule has 0 aromatic heterocycles. The van der Waals surface area contributed by atoms with Gasteiger partial charge in [0.05, 0.1) is 11.0 Å². The van der Waals surface area contributed by atoms with Crippen molar-refractivity contribution < 1.29 is 32.8 Å². The quantitative estimate of drug-likeness (QED) is 0.344. The van der Waals surface area contributed by atoms with Gasteiger partial charge in [0.2, 0.25) is 0 Å². The van der Waals surface area contributed by atoms with Crippen LogP contribution < -0.4 is 0 Å². The summed E-state index contributed by atoms with van der Waals surface area (Å²) in [5, 5.41) is 21.2. The molecule has 11 nitrogen and oxygen atoms in total. The minimum absolute atomic E-state index is 0.130. The summed E-state index contributed by atoms with van der Waals surface area (Å²) in [5.74, 6) is -1.44. The molecule has 1 aliphatic rings. The number of nitro benzene ring substituents is 1. The summed E-state index contributed by atoms with van der Waals surface area (Å²) in [6.07, 6.45) is -1.40. The Morgan fingerprint density at radius 1 is 1.26 bits per heavy atom. The number of para-hydroxylation sites is 1. The van der Waals surface area contributed by atoms with Gasteiger partial charge in [0.15, 0.2) is 11.5 Å². The van der Waals surface area contributed by atoms with Crippen LogP contribution in [-0.2, 0) is 24.3 Å². The van der Waals surface area contributed by atoms with Crippen molar-refractivity contribution in [3.63, 3.8) is 0 Å². The Bertz CT molecular complexity index is 939. The summed E-state index contributed by atoms with van der Waals surface area (Å²) < 4.78 is 31.9. The van der Waals surface area contributed by atoms with E-state index in [2.05, 4.69) is 0 Å². The predicted molar refractivity (Wildman–Crippen MR) is 109 cm³/mol. The maximum atomic E-state index is 13.1. The minimum Gasteiger partial charge on any atom is -0.454 e. The molecule has 1 heterocycles. The Balaban J connectivity index is 2.24. The van der Waals surface area contributed by atoms with Gasteiger partial charge < -0.3 is 14.7 Å². The molecule has 1 aliphatic heterocycles. The average Bonchev–Trinajstić information content (AvgIpc) is 3.08. The molecule has 2 atom stereocenters. The smallest absolute Gasteiger partial charge is 0.325 e. The molecule has 172 valence electrons. The van der Waals surface area contributed by atoms with Gasteiger partial charge >= 0.3 is 5.97 Å². The number of hydrogen-bond donors (Lipinski definition) is 1. The number of nitrogens with zero attached hydrogens (tertiary/aromatic N) is 3. The summed E-state index contributed by atoms with van der Waals surface area (Å²) >= 11 is 0. The Labute approximate surface area is 180 Å². The molecule has 1 amide bonds. The minimum atomic E-state index is -4.49. The van der Waals surface area contributed by atoms with Gasteiger partial charge in [-0.2, -0.15) is 4.31 Å². The van der Waals surface area contributed by atoms with Crippen LogP contribution >= 0.6 is 0 Å². The highest BCUT2D eigenvalue weighted by molar-refractivity contribution is 7.89. The first-order valence-corrected chi connectivity index (χ1v) is 11.2. The van der Waals surface area contributed by atoms with Crippen LogP contribution in [0.4, 0.5) is 5.69 Å². The molecule has 1 aromatic rings. The fourth-order valence-corrected chi connectivity index (χ4v) is 5.48. The van der Waals surface area contributed by atoms with Crippen molar-refractivity contribution in [2.24, 2.45) is 0 Å². The fraction of sp³-hybridized carbons (Fsp3) is 0.579. The third-order valence-electron chi connectivity index (χ3n) is 4.89. The molecule has 1 fully saturated rings. The zero-order valence-corrected chi connectivity index (χ0v) is 18.6. The highest BCUT2D eigenvalue weighted by Crippen LogP contribution is 2.31. The number of β-amino-alcohol motifs (C(OH)–C–C–N with tert-alkyl or cyclic N) is 1. The van der Waals surface area contributed by atoms with Gasteiger partial charge in [-0.1, -0.05) is 12.1 Å². The monoisotopic (exact) mass is 457 g/mol. The van der Waals surface area contributed by atoms with Crippen molar-refractivity contribution in [3.05, 3.63) is 34.4 Å². The number of hydrogen-bond acceptors (Lipinski definition) is 8. The van der Waals surface area contributed by atoms with E-state index in [0.29, 0.717) is 4.31 Å². The zero-order chi connectivity index (χ0) is 23.5. The van der Waals surface area contributed by atoms with E-state index in [9.17, 15) is 33.2 Å². The first-order chi connectivity index (χ1) is 14.4. The number of esters is 1. The number of amides is 1. The van der Waals surface area contributed by atoms with Crippen molar-refractivity contribution in [2.75, 3.05) is 13.2 Å². The summed E-state index contributed by atoms with van der Waals surface area (Å²) in [7, 11) is -4.49. The molecule has 1 saturated heterocycles. The number of ether oxygens (including phenoxy) is 1. The second-order valence-corrected chi connectivity index (χ2v) is 9.66. The lowest BCUT2D eigenvalue weighted by Gasteiger charge is -2.30. The molecule has 1 unspecified atom stereocenters. The van der Waals surface area contributed by atoms with Crippen LogP contribution in [0.3, 0.4) is 0 Å². The molecular weight excluding hydrogens is 430 g/mol. The Morgan fingerprint density at radius 2 is 1.84 bits per heavy atom. The Morgan fingerprint density at radius 3 is 2.39 bits per heavy atom. The number of aliphatic hydroxyl groups is 1. The Kier molecular flexibility index (Phi) is 7.73. The van der Waals surface area contributed by atoms with E-state index in [1.165, 1.54) is 17.0 Å². The number of benzene rings is 1. The number of sulfonamides is 1. The summed E-state index contributed by atoms with van der Waals surface area (Å²) in [6, 6.07) is 3.09. The maximum Gasteiger partial charge on any atom is 0.325 e. The van der Waals surface area contributed by atoms with Crippen LogP contribution in [0.25, 0.3) is 0 Å².